The number of aromatic nitrogens is 1. The van der Waals surface area contributed by atoms with Crippen molar-refractivity contribution in [2.75, 3.05) is 4.90 Å². The zero-order valence-corrected chi connectivity index (χ0v) is 18.5. The van der Waals surface area contributed by atoms with Crippen LogP contribution < -0.4 is 9.64 Å². The van der Waals surface area contributed by atoms with Gasteiger partial charge in [0.25, 0.3) is 5.91 Å². The fraction of sp³-hybridized carbons (Fsp3) is 0.185. The third-order valence-electron chi connectivity index (χ3n) is 5.55. The number of carbonyl (C=O) groups is 1. The van der Waals surface area contributed by atoms with Crippen molar-refractivity contribution in [3.63, 3.8) is 0 Å². The van der Waals surface area contributed by atoms with Crippen molar-refractivity contribution in [2.24, 2.45) is 0 Å². The molecule has 0 saturated heterocycles. The fourth-order valence-electron chi connectivity index (χ4n) is 3.47. The molecule has 0 bridgehead atoms. The van der Waals surface area contributed by atoms with Crippen LogP contribution >= 0.6 is 0 Å². The number of ether oxygens (including phenoxy) is 1. The second-order valence-electron chi connectivity index (χ2n) is 7.81. The summed E-state index contributed by atoms with van der Waals surface area (Å²) < 4.78 is 11.4. The van der Waals surface area contributed by atoms with Gasteiger partial charge in [0.15, 0.2) is 5.69 Å². The van der Waals surface area contributed by atoms with Gasteiger partial charge in [-0.1, -0.05) is 59.8 Å². The van der Waals surface area contributed by atoms with E-state index in [-0.39, 0.29) is 18.2 Å². The topological polar surface area (TPSA) is 55.6 Å². The molecule has 0 fully saturated rings. The SMILES string of the molecule is Cc1ccc(OCc2c(C(=O)N(Cc3ccccc3)c3ccccc3)noc2C)cc1C. The Morgan fingerprint density at radius 3 is 2.28 bits per heavy atom. The van der Waals surface area contributed by atoms with E-state index in [9.17, 15) is 4.79 Å². The average Bonchev–Trinajstić information content (AvgIpc) is 3.19. The summed E-state index contributed by atoms with van der Waals surface area (Å²) in [4.78, 5) is 15.4. The predicted molar refractivity (Wildman–Crippen MR) is 125 cm³/mol. The van der Waals surface area contributed by atoms with Crippen LogP contribution in [0.5, 0.6) is 5.75 Å². The molecule has 4 rings (SSSR count). The monoisotopic (exact) mass is 426 g/mol. The van der Waals surface area contributed by atoms with Crippen LogP contribution in [0.1, 0.15) is 38.5 Å². The van der Waals surface area contributed by atoms with Crippen LogP contribution in [0.4, 0.5) is 5.69 Å². The number of aryl methyl sites for hydroxylation is 3. The van der Waals surface area contributed by atoms with Crippen LogP contribution in [0, 0.1) is 20.8 Å². The number of carbonyl (C=O) groups excluding carboxylic acids is 1. The van der Waals surface area contributed by atoms with Gasteiger partial charge in [-0.3, -0.25) is 4.79 Å². The second kappa shape index (κ2) is 9.52. The zero-order valence-electron chi connectivity index (χ0n) is 18.5. The first-order chi connectivity index (χ1) is 15.5. The Kier molecular flexibility index (Phi) is 6.36. The van der Waals surface area contributed by atoms with Gasteiger partial charge < -0.3 is 14.2 Å². The van der Waals surface area contributed by atoms with Gasteiger partial charge in [0.1, 0.15) is 18.1 Å². The summed E-state index contributed by atoms with van der Waals surface area (Å²) in [7, 11) is 0. The van der Waals surface area contributed by atoms with E-state index in [1.807, 2.05) is 85.8 Å². The van der Waals surface area contributed by atoms with E-state index in [0.717, 1.165) is 22.6 Å². The number of benzene rings is 3. The lowest BCUT2D eigenvalue weighted by molar-refractivity contribution is 0.0974. The van der Waals surface area contributed by atoms with Gasteiger partial charge in [-0.05, 0) is 61.7 Å². The summed E-state index contributed by atoms with van der Waals surface area (Å²) in [6.07, 6.45) is 0. The number of amides is 1. The first-order valence-corrected chi connectivity index (χ1v) is 10.6. The maximum atomic E-state index is 13.6. The maximum Gasteiger partial charge on any atom is 0.281 e. The van der Waals surface area contributed by atoms with Crippen LogP contribution in [0.25, 0.3) is 0 Å². The van der Waals surface area contributed by atoms with Gasteiger partial charge in [0, 0.05) is 5.69 Å². The van der Waals surface area contributed by atoms with Crippen LogP contribution in [-0.4, -0.2) is 11.1 Å². The molecular weight excluding hydrogens is 400 g/mol. The van der Waals surface area contributed by atoms with Gasteiger partial charge in [-0.25, -0.2) is 0 Å². The van der Waals surface area contributed by atoms with E-state index in [1.54, 1.807) is 11.8 Å². The summed E-state index contributed by atoms with van der Waals surface area (Å²) in [6.45, 7) is 6.53. The largest absolute Gasteiger partial charge is 0.489 e. The number of hydrogen-bond acceptors (Lipinski definition) is 4. The van der Waals surface area contributed by atoms with Crippen molar-refractivity contribution >= 4 is 11.6 Å². The molecule has 0 aliphatic heterocycles. The molecule has 0 radical (unpaired) electrons. The highest BCUT2D eigenvalue weighted by molar-refractivity contribution is 6.05. The molecule has 0 atom stereocenters. The lowest BCUT2D eigenvalue weighted by atomic mass is 10.1. The third kappa shape index (κ3) is 4.72. The molecule has 1 amide bonds. The predicted octanol–water partition coefficient (Wildman–Crippen LogP) is 6.03. The summed E-state index contributed by atoms with van der Waals surface area (Å²) in [5.74, 6) is 1.09. The van der Waals surface area contributed by atoms with Crippen molar-refractivity contribution in [1.82, 2.24) is 5.16 Å². The molecule has 162 valence electrons. The van der Waals surface area contributed by atoms with Crippen molar-refractivity contribution in [2.45, 2.75) is 33.9 Å². The fourth-order valence-corrected chi connectivity index (χ4v) is 3.47. The van der Waals surface area contributed by atoms with Crippen LogP contribution in [-0.2, 0) is 13.2 Å². The third-order valence-corrected chi connectivity index (χ3v) is 5.55. The van der Waals surface area contributed by atoms with E-state index >= 15 is 0 Å². The Morgan fingerprint density at radius 1 is 0.906 bits per heavy atom. The number of para-hydroxylation sites is 1. The second-order valence-corrected chi connectivity index (χ2v) is 7.81. The molecule has 5 heteroatoms. The Morgan fingerprint density at radius 2 is 1.59 bits per heavy atom. The summed E-state index contributed by atoms with van der Waals surface area (Å²) >= 11 is 0. The van der Waals surface area contributed by atoms with Crippen molar-refractivity contribution < 1.29 is 14.1 Å². The molecule has 0 unspecified atom stereocenters. The molecule has 0 aliphatic carbocycles. The summed E-state index contributed by atoms with van der Waals surface area (Å²) in [6, 6.07) is 25.4. The molecule has 3 aromatic carbocycles. The molecule has 0 spiro atoms. The molecule has 0 aliphatic rings. The van der Waals surface area contributed by atoms with Crippen LogP contribution in [0.3, 0.4) is 0 Å². The normalized spacial score (nSPS) is 10.7. The van der Waals surface area contributed by atoms with Crippen molar-refractivity contribution in [1.29, 1.82) is 0 Å². The van der Waals surface area contributed by atoms with Crippen molar-refractivity contribution in [3.8, 4) is 5.75 Å². The molecular formula is C27H26N2O3. The Bertz CT molecular complexity index is 1200. The van der Waals surface area contributed by atoms with E-state index < -0.39 is 0 Å². The van der Waals surface area contributed by atoms with E-state index in [4.69, 9.17) is 9.26 Å². The average molecular weight is 427 g/mol. The summed E-state index contributed by atoms with van der Waals surface area (Å²) in [5.41, 5.74) is 5.10. The van der Waals surface area contributed by atoms with E-state index in [1.165, 1.54) is 5.56 Å². The molecule has 1 aromatic heterocycles. The van der Waals surface area contributed by atoms with Gasteiger partial charge in [-0.15, -0.1) is 0 Å². The van der Waals surface area contributed by atoms with Gasteiger partial charge in [-0.2, -0.15) is 0 Å². The highest BCUT2D eigenvalue weighted by atomic mass is 16.5. The smallest absolute Gasteiger partial charge is 0.281 e. The molecule has 4 aromatic rings. The van der Waals surface area contributed by atoms with Crippen LogP contribution in [0.15, 0.2) is 83.4 Å². The maximum absolute atomic E-state index is 13.6. The number of hydrogen-bond donors (Lipinski definition) is 0. The number of nitrogens with zero attached hydrogens (tertiary/aromatic N) is 2. The van der Waals surface area contributed by atoms with Gasteiger partial charge in [0.05, 0.1) is 12.1 Å². The minimum Gasteiger partial charge on any atom is -0.489 e. The molecule has 5 nitrogen and oxygen atoms in total. The Labute approximate surface area is 188 Å². The standard InChI is InChI=1S/C27H26N2O3/c1-19-14-15-24(16-20(19)2)31-18-25-21(3)32-28-26(25)27(30)29(23-12-8-5-9-13-23)17-22-10-6-4-7-11-22/h4-16H,17-18H2,1-3H3. The molecule has 0 N–H and O–H groups in total. The quantitative estimate of drug-likeness (QED) is 0.362. The number of rotatable bonds is 7. The first-order valence-electron chi connectivity index (χ1n) is 10.6. The van der Waals surface area contributed by atoms with Gasteiger partial charge >= 0.3 is 0 Å². The lowest BCUT2D eigenvalue weighted by Gasteiger charge is -2.22. The van der Waals surface area contributed by atoms with E-state index in [0.29, 0.717) is 17.9 Å². The molecule has 0 saturated carbocycles. The summed E-state index contributed by atoms with van der Waals surface area (Å²) in [5, 5.41) is 4.10. The highest BCUT2D eigenvalue weighted by Crippen LogP contribution is 2.24. The minimum atomic E-state index is -0.226. The highest BCUT2D eigenvalue weighted by Gasteiger charge is 2.26. The Hall–Kier alpha value is -3.86. The van der Waals surface area contributed by atoms with Crippen molar-refractivity contribution in [3.05, 3.63) is 113 Å². The van der Waals surface area contributed by atoms with Crippen LogP contribution in [0.2, 0.25) is 0 Å². The minimum absolute atomic E-state index is 0.201. The number of anilines is 1. The van der Waals surface area contributed by atoms with E-state index in [2.05, 4.69) is 12.1 Å². The lowest BCUT2D eigenvalue weighted by Crippen LogP contribution is -2.31. The Balaban J connectivity index is 1.62. The molecule has 32 heavy (non-hydrogen) atoms. The first kappa shape index (κ1) is 21.4. The van der Waals surface area contributed by atoms with Gasteiger partial charge in [0.2, 0.25) is 0 Å². The molecule has 1 heterocycles. The zero-order chi connectivity index (χ0) is 22.5.